The van der Waals surface area contributed by atoms with Gasteiger partial charge in [-0.1, -0.05) is 6.07 Å². The fourth-order valence-electron chi connectivity index (χ4n) is 2.11. The number of hydrogen-bond donors (Lipinski definition) is 1. The van der Waals surface area contributed by atoms with Crippen molar-refractivity contribution in [2.24, 2.45) is 0 Å². The minimum Gasteiger partial charge on any atom is -0.247 e. The van der Waals surface area contributed by atoms with Crippen LogP contribution in [0.25, 0.3) is 10.6 Å². The molecule has 0 saturated carbocycles. The molecule has 3 heteroatoms. The third kappa shape index (κ3) is 1.20. The molecule has 0 radical (unpaired) electrons. The molecule has 0 atom stereocenters. The number of aromatic nitrogens is 2. The number of aromatic amines is 1. The zero-order valence-electron chi connectivity index (χ0n) is 7.99. The molecule has 2 aromatic rings. The highest BCUT2D eigenvalue weighted by Crippen LogP contribution is 2.22. The lowest BCUT2D eigenvalue weighted by Gasteiger charge is -2.08. The number of thiophene rings is 1. The second kappa shape index (κ2) is 3.24. The quantitative estimate of drug-likeness (QED) is 0.690. The standard InChI is InChI=1S/C11H12N2S/c1-2-6-13-9(8-12-11(13)5-1)10-4-3-7-14-10/h3-4,7-8H,1-2,5-6H2/p+1. The molecule has 1 N–H and O–H groups in total. The normalized spacial score (nSPS) is 15.4. The van der Waals surface area contributed by atoms with Gasteiger partial charge in [0.15, 0.2) is 5.69 Å². The molecule has 3 rings (SSSR count). The molecule has 0 amide bonds. The number of hydrogen-bond acceptors (Lipinski definition) is 1. The van der Waals surface area contributed by atoms with E-state index in [1.807, 2.05) is 11.3 Å². The summed E-state index contributed by atoms with van der Waals surface area (Å²) in [6.45, 7) is 1.17. The lowest BCUT2D eigenvalue weighted by molar-refractivity contribution is -0.697. The summed E-state index contributed by atoms with van der Waals surface area (Å²) >= 11 is 1.81. The van der Waals surface area contributed by atoms with E-state index in [1.54, 1.807) is 0 Å². The van der Waals surface area contributed by atoms with Crippen LogP contribution in [0, 0.1) is 0 Å². The van der Waals surface area contributed by atoms with Gasteiger partial charge in [-0.2, -0.15) is 0 Å². The van der Waals surface area contributed by atoms with Crippen molar-refractivity contribution >= 4 is 11.3 Å². The third-order valence-corrected chi connectivity index (χ3v) is 3.70. The maximum atomic E-state index is 3.38. The first kappa shape index (κ1) is 8.24. The van der Waals surface area contributed by atoms with Crippen LogP contribution in [-0.4, -0.2) is 4.98 Å². The van der Waals surface area contributed by atoms with Gasteiger partial charge in [0.25, 0.3) is 5.82 Å². The molecule has 1 aliphatic heterocycles. The van der Waals surface area contributed by atoms with Crippen molar-refractivity contribution in [3.05, 3.63) is 29.5 Å². The summed E-state index contributed by atoms with van der Waals surface area (Å²) in [6.07, 6.45) is 5.98. The Hall–Kier alpha value is -1.09. The van der Waals surface area contributed by atoms with Crippen molar-refractivity contribution in [2.75, 3.05) is 0 Å². The number of H-pyrrole nitrogens is 1. The smallest absolute Gasteiger partial charge is 0.247 e. The summed E-state index contributed by atoms with van der Waals surface area (Å²) < 4.78 is 2.43. The Labute approximate surface area is 87.2 Å². The molecule has 0 spiro atoms. The van der Waals surface area contributed by atoms with Gasteiger partial charge in [-0.25, -0.2) is 9.55 Å². The fraction of sp³-hybridized carbons (Fsp3) is 0.364. The van der Waals surface area contributed by atoms with Gasteiger partial charge in [0, 0.05) is 6.42 Å². The van der Waals surface area contributed by atoms with E-state index >= 15 is 0 Å². The number of aryl methyl sites for hydroxylation is 1. The minimum absolute atomic E-state index is 1.17. The van der Waals surface area contributed by atoms with Crippen LogP contribution in [-0.2, 0) is 13.0 Å². The lowest BCUT2D eigenvalue weighted by atomic mass is 10.1. The first-order valence-corrected chi connectivity index (χ1v) is 5.97. The second-order valence-corrected chi connectivity index (χ2v) is 4.65. The van der Waals surface area contributed by atoms with Gasteiger partial charge in [0.1, 0.15) is 6.20 Å². The second-order valence-electron chi connectivity index (χ2n) is 3.71. The summed E-state index contributed by atoms with van der Waals surface area (Å²) in [6, 6.07) is 4.30. The molecule has 0 unspecified atom stereocenters. The van der Waals surface area contributed by atoms with Crippen molar-refractivity contribution in [1.29, 1.82) is 0 Å². The molecule has 0 aromatic carbocycles. The molecule has 0 bridgehead atoms. The Balaban J connectivity index is 2.11. The Kier molecular flexibility index (Phi) is 1.91. The highest BCUT2D eigenvalue weighted by Gasteiger charge is 2.22. The number of nitrogens with zero attached hydrogens (tertiary/aromatic N) is 1. The number of rotatable bonds is 1. The van der Waals surface area contributed by atoms with Gasteiger partial charge in [0.05, 0.1) is 11.4 Å². The van der Waals surface area contributed by atoms with Crippen LogP contribution >= 0.6 is 11.3 Å². The SMILES string of the molecule is c1csc(-c2c[nH]c3[n+]2CCCC3)c1. The molecule has 2 nitrogen and oxygen atoms in total. The van der Waals surface area contributed by atoms with Crippen LogP contribution < -0.4 is 4.57 Å². The molecular formula is C11H13N2S+. The van der Waals surface area contributed by atoms with Gasteiger partial charge >= 0.3 is 0 Å². The maximum absolute atomic E-state index is 3.38. The molecule has 72 valence electrons. The van der Waals surface area contributed by atoms with Crippen LogP contribution in [0.4, 0.5) is 0 Å². The van der Waals surface area contributed by atoms with Crippen LogP contribution in [0.1, 0.15) is 18.7 Å². The lowest BCUT2D eigenvalue weighted by Crippen LogP contribution is -2.41. The van der Waals surface area contributed by atoms with Gasteiger partial charge in [-0.05, 0) is 24.3 Å². The summed E-state index contributed by atoms with van der Waals surface area (Å²) in [5.74, 6) is 1.39. The van der Waals surface area contributed by atoms with Crippen molar-refractivity contribution in [3.63, 3.8) is 0 Å². The summed E-state index contributed by atoms with van der Waals surface area (Å²) in [4.78, 5) is 4.75. The van der Waals surface area contributed by atoms with E-state index in [1.165, 1.54) is 42.2 Å². The van der Waals surface area contributed by atoms with E-state index in [0.29, 0.717) is 0 Å². The van der Waals surface area contributed by atoms with E-state index in [0.717, 1.165) is 0 Å². The predicted molar refractivity (Wildman–Crippen MR) is 57.2 cm³/mol. The van der Waals surface area contributed by atoms with Gasteiger partial charge in [-0.15, -0.1) is 11.3 Å². The minimum atomic E-state index is 1.17. The van der Waals surface area contributed by atoms with Crippen LogP contribution in [0.3, 0.4) is 0 Å². The van der Waals surface area contributed by atoms with E-state index < -0.39 is 0 Å². The average Bonchev–Trinajstić information content (AvgIpc) is 2.85. The fourth-order valence-corrected chi connectivity index (χ4v) is 2.86. The van der Waals surface area contributed by atoms with Crippen LogP contribution in [0.5, 0.6) is 0 Å². The van der Waals surface area contributed by atoms with Crippen molar-refractivity contribution in [3.8, 4) is 10.6 Å². The number of fused-ring (bicyclic) bond motifs is 1. The topological polar surface area (TPSA) is 19.7 Å². The van der Waals surface area contributed by atoms with Crippen LogP contribution in [0.2, 0.25) is 0 Å². The van der Waals surface area contributed by atoms with E-state index in [-0.39, 0.29) is 0 Å². The zero-order valence-corrected chi connectivity index (χ0v) is 8.81. The molecule has 0 fully saturated rings. The largest absolute Gasteiger partial charge is 0.254 e. The number of imidazole rings is 1. The van der Waals surface area contributed by atoms with Crippen molar-refractivity contribution < 1.29 is 4.57 Å². The van der Waals surface area contributed by atoms with E-state index in [4.69, 9.17) is 0 Å². The van der Waals surface area contributed by atoms with E-state index in [2.05, 4.69) is 33.3 Å². The molecule has 2 aromatic heterocycles. The highest BCUT2D eigenvalue weighted by molar-refractivity contribution is 7.13. The first-order valence-electron chi connectivity index (χ1n) is 5.09. The van der Waals surface area contributed by atoms with Gasteiger partial charge in [-0.3, -0.25) is 0 Å². The third-order valence-electron chi connectivity index (χ3n) is 2.81. The molecular weight excluding hydrogens is 192 g/mol. The van der Waals surface area contributed by atoms with Gasteiger partial charge in [0.2, 0.25) is 0 Å². The molecule has 0 saturated heterocycles. The Morgan fingerprint density at radius 2 is 2.36 bits per heavy atom. The Morgan fingerprint density at radius 1 is 1.36 bits per heavy atom. The first-order chi connectivity index (χ1) is 6.95. The summed E-state index contributed by atoms with van der Waals surface area (Å²) in [7, 11) is 0. The van der Waals surface area contributed by atoms with Gasteiger partial charge < -0.3 is 0 Å². The Bertz CT molecular complexity index is 428. The zero-order chi connectivity index (χ0) is 9.38. The molecule has 1 aliphatic rings. The van der Waals surface area contributed by atoms with Crippen LogP contribution in [0.15, 0.2) is 23.7 Å². The maximum Gasteiger partial charge on any atom is 0.254 e. The van der Waals surface area contributed by atoms with Crippen molar-refractivity contribution in [1.82, 2.24) is 4.98 Å². The average molecular weight is 205 g/mol. The number of nitrogens with one attached hydrogen (secondary N) is 1. The molecule has 0 aliphatic carbocycles. The summed E-state index contributed by atoms with van der Waals surface area (Å²) in [5, 5.41) is 2.14. The van der Waals surface area contributed by atoms with E-state index in [9.17, 15) is 0 Å². The summed E-state index contributed by atoms with van der Waals surface area (Å²) in [5.41, 5.74) is 1.36. The molecule has 14 heavy (non-hydrogen) atoms. The predicted octanol–water partition coefficient (Wildman–Crippen LogP) is 2.37. The monoisotopic (exact) mass is 205 g/mol. The van der Waals surface area contributed by atoms with Crippen molar-refractivity contribution in [2.45, 2.75) is 25.8 Å². The highest BCUT2D eigenvalue weighted by atomic mass is 32.1. The Morgan fingerprint density at radius 3 is 3.21 bits per heavy atom. The molecule has 3 heterocycles.